The molecule has 2 rings (SSSR count). The normalized spacial score (nSPS) is 25.1. The highest BCUT2D eigenvalue weighted by Crippen LogP contribution is 2.31. The van der Waals surface area contributed by atoms with Gasteiger partial charge in [0.2, 0.25) is 12.4 Å². The largest absolute Gasteiger partial charge is 0.463 e. The fraction of sp³-hybridized carbons (Fsp3) is 0.500. The van der Waals surface area contributed by atoms with Gasteiger partial charge in [-0.25, -0.2) is 0 Å². The van der Waals surface area contributed by atoms with E-state index in [1.165, 1.54) is 6.92 Å². The van der Waals surface area contributed by atoms with Gasteiger partial charge in [0, 0.05) is 32.7 Å². The van der Waals surface area contributed by atoms with Gasteiger partial charge < -0.3 is 28.4 Å². The summed E-state index contributed by atoms with van der Waals surface area (Å²) in [4.78, 5) is 46.5. The lowest BCUT2D eigenvalue weighted by atomic mass is 9.98. The first kappa shape index (κ1) is 24.4. The Morgan fingerprint density at radius 1 is 0.806 bits per heavy atom. The summed E-state index contributed by atoms with van der Waals surface area (Å²) in [6.07, 6.45) is -6.20. The molecule has 0 saturated carbocycles. The van der Waals surface area contributed by atoms with E-state index in [9.17, 15) is 19.2 Å². The maximum Gasteiger partial charge on any atom is 0.303 e. The summed E-state index contributed by atoms with van der Waals surface area (Å²) in [5, 5.41) is 0.467. The number of benzene rings is 1. The third-order valence-electron chi connectivity index (χ3n) is 4.01. The van der Waals surface area contributed by atoms with Crippen LogP contribution in [0.25, 0.3) is 0 Å². The van der Waals surface area contributed by atoms with Crippen molar-refractivity contribution in [3.63, 3.8) is 0 Å². The first-order valence-corrected chi connectivity index (χ1v) is 9.67. The topological polar surface area (TPSA) is 124 Å². The quantitative estimate of drug-likeness (QED) is 0.441. The summed E-state index contributed by atoms with van der Waals surface area (Å²) in [5.74, 6) is -2.44. The number of esters is 4. The monoisotopic (exact) mass is 458 g/mol. The van der Waals surface area contributed by atoms with Gasteiger partial charge in [-0.05, 0) is 24.3 Å². The molecule has 1 aliphatic rings. The average Bonchev–Trinajstić information content (AvgIpc) is 2.65. The van der Waals surface area contributed by atoms with E-state index in [-0.39, 0.29) is 6.61 Å². The summed E-state index contributed by atoms with van der Waals surface area (Å²) in [5.41, 5.74) is 0. The number of carbonyl (C=O) groups excluding carboxylic acids is 4. The smallest absolute Gasteiger partial charge is 0.303 e. The van der Waals surface area contributed by atoms with E-state index in [2.05, 4.69) is 0 Å². The first-order valence-electron chi connectivity index (χ1n) is 9.29. The van der Waals surface area contributed by atoms with Gasteiger partial charge in [0.15, 0.2) is 12.2 Å². The second-order valence-corrected chi connectivity index (χ2v) is 7.08. The molecule has 0 radical (unpaired) electrons. The Morgan fingerprint density at radius 2 is 1.32 bits per heavy atom. The van der Waals surface area contributed by atoms with Crippen LogP contribution < -0.4 is 4.74 Å². The molecular formula is C20H23ClO10. The third-order valence-corrected chi connectivity index (χ3v) is 4.27. The maximum atomic E-state index is 11.8. The van der Waals surface area contributed by atoms with E-state index in [1.54, 1.807) is 24.3 Å². The minimum Gasteiger partial charge on any atom is -0.463 e. The van der Waals surface area contributed by atoms with E-state index >= 15 is 0 Å². The lowest BCUT2D eigenvalue weighted by Gasteiger charge is -2.43. The van der Waals surface area contributed by atoms with Crippen LogP contribution in [0.2, 0.25) is 5.02 Å². The van der Waals surface area contributed by atoms with Gasteiger partial charge in [-0.15, -0.1) is 0 Å². The maximum absolute atomic E-state index is 11.8. The Hall–Kier alpha value is -2.85. The zero-order valence-corrected chi connectivity index (χ0v) is 18.1. The molecule has 0 amide bonds. The molecule has 0 N–H and O–H groups in total. The fourth-order valence-corrected chi connectivity index (χ4v) is 3.06. The Morgan fingerprint density at radius 3 is 1.84 bits per heavy atom. The van der Waals surface area contributed by atoms with Crippen LogP contribution in [-0.2, 0) is 42.9 Å². The summed E-state index contributed by atoms with van der Waals surface area (Å²) in [7, 11) is 0. The molecule has 170 valence electrons. The highest BCUT2D eigenvalue weighted by atomic mass is 35.5. The van der Waals surface area contributed by atoms with Crippen molar-refractivity contribution in [1.82, 2.24) is 0 Å². The molecule has 1 fully saturated rings. The van der Waals surface area contributed by atoms with Crippen LogP contribution in [0.1, 0.15) is 27.7 Å². The molecule has 1 saturated heterocycles. The number of hydrogen-bond donors (Lipinski definition) is 0. The first-order chi connectivity index (χ1) is 14.6. The number of hydrogen-bond acceptors (Lipinski definition) is 10. The second-order valence-electron chi connectivity index (χ2n) is 6.64. The van der Waals surface area contributed by atoms with E-state index in [1.807, 2.05) is 0 Å². The molecule has 10 nitrogen and oxygen atoms in total. The van der Waals surface area contributed by atoms with Crippen LogP contribution in [0.3, 0.4) is 0 Å². The molecule has 0 aromatic heterocycles. The van der Waals surface area contributed by atoms with Gasteiger partial charge in [-0.1, -0.05) is 11.6 Å². The molecule has 1 heterocycles. The van der Waals surface area contributed by atoms with E-state index in [0.717, 1.165) is 20.8 Å². The molecule has 0 spiro atoms. The predicted molar refractivity (Wildman–Crippen MR) is 104 cm³/mol. The molecule has 1 aromatic carbocycles. The van der Waals surface area contributed by atoms with E-state index < -0.39 is 54.6 Å². The van der Waals surface area contributed by atoms with Crippen LogP contribution >= 0.6 is 11.6 Å². The van der Waals surface area contributed by atoms with Gasteiger partial charge in [0.25, 0.3) is 0 Å². The number of rotatable bonds is 7. The van der Waals surface area contributed by atoms with Crippen molar-refractivity contribution in [3.8, 4) is 5.75 Å². The second kappa shape index (κ2) is 11.0. The van der Waals surface area contributed by atoms with Gasteiger partial charge in [0.05, 0.1) is 0 Å². The molecule has 1 aliphatic heterocycles. The molecule has 0 bridgehead atoms. The van der Waals surface area contributed by atoms with Crippen molar-refractivity contribution in [1.29, 1.82) is 0 Å². The zero-order chi connectivity index (χ0) is 23.1. The zero-order valence-electron chi connectivity index (χ0n) is 17.4. The summed E-state index contributed by atoms with van der Waals surface area (Å²) in [6.45, 7) is 4.29. The molecule has 31 heavy (non-hydrogen) atoms. The Balaban J connectivity index is 2.43. The standard InChI is InChI=1S/C20H23ClO10/c1-10(22)26-9-16-17(27-11(2)23)18(28-12(3)24)19(29-13(4)25)20(31-16)30-15-7-5-14(21)6-8-15/h5-8,16-20H,9H2,1-4H3/t16?,17-,18-,19?,20-/m1/s1. The van der Waals surface area contributed by atoms with Gasteiger partial charge in [-0.3, -0.25) is 19.2 Å². The van der Waals surface area contributed by atoms with Gasteiger partial charge in [0.1, 0.15) is 18.5 Å². The lowest BCUT2D eigenvalue weighted by molar-refractivity contribution is -0.288. The van der Waals surface area contributed by atoms with Gasteiger partial charge in [-0.2, -0.15) is 0 Å². The van der Waals surface area contributed by atoms with Crippen molar-refractivity contribution in [2.45, 2.75) is 58.4 Å². The molecule has 0 aliphatic carbocycles. The Bertz CT molecular complexity index is 809. The number of carbonyl (C=O) groups is 4. The van der Waals surface area contributed by atoms with Crippen molar-refractivity contribution in [2.75, 3.05) is 6.61 Å². The molecular weight excluding hydrogens is 436 g/mol. The van der Waals surface area contributed by atoms with Crippen molar-refractivity contribution in [3.05, 3.63) is 29.3 Å². The van der Waals surface area contributed by atoms with E-state index in [0.29, 0.717) is 10.8 Å². The summed E-state index contributed by atoms with van der Waals surface area (Å²) in [6, 6.07) is 6.25. The molecule has 2 unspecified atom stereocenters. The highest BCUT2D eigenvalue weighted by molar-refractivity contribution is 6.30. The average molecular weight is 459 g/mol. The van der Waals surface area contributed by atoms with Crippen molar-refractivity contribution in [2.24, 2.45) is 0 Å². The summed E-state index contributed by atoms with van der Waals surface area (Å²) >= 11 is 5.88. The van der Waals surface area contributed by atoms with Crippen LogP contribution in [0.4, 0.5) is 0 Å². The van der Waals surface area contributed by atoms with Gasteiger partial charge >= 0.3 is 23.9 Å². The van der Waals surface area contributed by atoms with Crippen LogP contribution in [0, 0.1) is 0 Å². The summed E-state index contributed by atoms with van der Waals surface area (Å²) < 4.78 is 32.5. The number of ether oxygens (including phenoxy) is 6. The minimum absolute atomic E-state index is 0.310. The van der Waals surface area contributed by atoms with Crippen molar-refractivity contribution >= 4 is 35.5 Å². The van der Waals surface area contributed by atoms with Crippen molar-refractivity contribution < 1.29 is 47.6 Å². The fourth-order valence-electron chi connectivity index (χ4n) is 2.93. The lowest BCUT2D eigenvalue weighted by Crippen LogP contribution is -2.63. The van der Waals surface area contributed by atoms with E-state index in [4.69, 9.17) is 40.0 Å². The Labute approximate surface area is 183 Å². The molecule has 11 heteroatoms. The molecule has 5 atom stereocenters. The third kappa shape index (κ3) is 7.41. The highest BCUT2D eigenvalue weighted by Gasteiger charge is 2.53. The van der Waals surface area contributed by atoms with Crippen LogP contribution in [0.5, 0.6) is 5.75 Å². The van der Waals surface area contributed by atoms with Crippen LogP contribution in [0.15, 0.2) is 24.3 Å². The Kier molecular flexibility index (Phi) is 8.64. The number of halogens is 1. The van der Waals surface area contributed by atoms with Crippen LogP contribution in [-0.4, -0.2) is 61.2 Å². The SMILES string of the molecule is CC(=O)OCC1O[C@@H](Oc2ccc(Cl)cc2)C(OC(C)=O)[C@H](OC(C)=O)[C@@H]1OC(C)=O. The minimum atomic E-state index is -1.30. The predicted octanol–water partition coefficient (Wildman–Crippen LogP) is 1.80. The molecule has 1 aromatic rings.